The Morgan fingerprint density at radius 3 is 2.18 bits per heavy atom. The molecule has 11 heavy (non-hydrogen) atoms. The number of hydrogen-bond donors (Lipinski definition) is 0. The fraction of sp³-hybridized carbons (Fsp3) is 0.800. The predicted octanol–water partition coefficient (Wildman–Crippen LogP) is 2.43. The van der Waals surface area contributed by atoms with Gasteiger partial charge in [-0.25, -0.2) is 0 Å². The largest absolute Gasteiger partial charge is 0.402 e. The van der Waals surface area contributed by atoms with E-state index in [9.17, 15) is 18.0 Å². The summed E-state index contributed by atoms with van der Waals surface area (Å²) in [5.41, 5.74) is 0. The molecule has 0 amide bonds. The van der Waals surface area contributed by atoms with Crippen LogP contribution in [0.3, 0.4) is 0 Å². The minimum absolute atomic E-state index is 0.312. The van der Waals surface area contributed by atoms with Crippen LogP contribution < -0.4 is 0 Å². The van der Waals surface area contributed by atoms with Crippen molar-refractivity contribution in [3.8, 4) is 0 Å². The second kappa shape index (κ2) is 3.94. The van der Waals surface area contributed by atoms with Crippen molar-refractivity contribution in [2.24, 2.45) is 5.92 Å². The minimum Gasteiger partial charge on any atom is -0.383 e. The molecule has 0 aromatic rings. The van der Waals surface area contributed by atoms with Gasteiger partial charge in [0.25, 0.3) is 0 Å². The Morgan fingerprint density at radius 1 is 1.64 bits per heavy atom. The van der Waals surface area contributed by atoms with Crippen LogP contribution in [0.5, 0.6) is 0 Å². The van der Waals surface area contributed by atoms with Crippen molar-refractivity contribution in [3.05, 3.63) is 0 Å². The number of carbonyl (C=O) groups is 1. The number of alkyl halides is 3. The zero-order chi connectivity index (χ0) is 9.07. The van der Waals surface area contributed by atoms with E-state index in [1.807, 2.05) is 0 Å². The number of hydrogen-bond acceptors (Lipinski definition) is 2. The number of carbonyl (C=O) groups excluding carboxylic acids is 1. The lowest BCUT2D eigenvalue weighted by atomic mass is 10.1. The maximum atomic E-state index is 11.8. The normalized spacial score (nSPS) is 14.3. The summed E-state index contributed by atoms with van der Waals surface area (Å²) in [6.45, 7) is 1.27. The van der Waals surface area contributed by atoms with Gasteiger partial charge in [0, 0.05) is 0 Å². The van der Waals surface area contributed by atoms with Gasteiger partial charge in [0.2, 0.25) is 0 Å². The standard InChI is InChI=1S/C5H6BrF3O2/c1-2-3(4(10)11-6)5(7,8)9/h3H,2H2,1H3. The van der Waals surface area contributed by atoms with E-state index in [2.05, 4.69) is 20.1 Å². The molecular formula is C5H6BrF3O2. The zero-order valence-corrected chi connectivity index (χ0v) is 7.20. The van der Waals surface area contributed by atoms with Crippen molar-refractivity contribution in [1.29, 1.82) is 0 Å². The molecular weight excluding hydrogens is 229 g/mol. The van der Waals surface area contributed by atoms with Crippen molar-refractivity contribution in [1.82, 2.24) is 0 Å². The van der Waals surface area contributed by atoms with Crippen molar-refractivity contribution in [2.75, 3.05) is 0 Å². The molecule has 1 unspecified atom stereocenters. The molecule has 0 radical (unpaired) electrons. The summed E-state index contributed by atoms with van der Waals surface area (Å²) < 4.78 is 39.3. The van der Waals surface area contributed by atoms with Gasteiger partial charge in [-0.1, -0.05) is 6.92 Å². The first-order valence-electron chi connectivity index (χ1n) is 2.82. The van der Waals surface area contributed by atoms with E-state index in [1.54, 1.807) is 0 Å². The predicted molar refractivity (Wildman–Crippen MR) is 34.9 cm³/mol. The van der Waals surface area contributed by atoms with Crippen molar-refractivity contribution >= 4 is 22.2 Å². The third-order valence-electron chi connectivity index (χ3n) is 1.16. The minimum atomic E-state index is -4.51. The highest BCUT2D eigenvalue weighted by Gasteiger charge is 2.44. The Labute approximate surface area is 70.2 Å². The second-order valence-corrected chi connectivity index (χ2v) is 2.22. The van der Waals surface area contributed by atoms with Crippen molar-refractivity contribution in [3.63, 3.8) is 0 Å². The molecule has 66 valence electrons. The molecule has 1 atom stereocenters. The summed E-state index contributed by atoms with van der Waals surface area (Å²) >= 11 is 2.20. The van der Waals surface area contributed by atoms with E-state index < -0.39 is 18.1 Å². The molecule has 0 bridgehead atoms. The lowest BCUT2D eigenvalue weighted by Crippen LogP contribution is -2.30. The topological polar surface area (TPSA) is 26.3 Å². The van der Waals surface area contributed by atoms with Gasteiger partial charge < -0.3 is 3.83 Å². The van der Waals surface area contributed by atoms with Crippen LogP contribution in [0.1, 0.15) is 13.3 Å². The Kier molecular flexibility index (Phi) is 3.85. The van der Waals surface area contributed by atoms with Gasteiger partial charge in [0.1, 0.15) is 0 Å². The average molecular weight is 235 g/mol. The van der Waals surface area contributed by atoms with Gasteiger partial charge in [0.15, 0.2) is 22.2 Å². The van der Waals surface area contributed by atoms with Crippen LogP contribution in [0, 0.1) is 5.92 Å². The van der Waals surface area contributed by atoms with E-state index in [0.29, 0.717) is 0 Å². The van der Waals surface area contributed by atoms with Gasteiger partial charge in [0.05, 0.1) is 0 Å². The summed E-state index contributed by atoms with van der Waals surface area (Å²) in [5, 5.41) is 0. The average Bonchev–Trinajstić information content (AvgIpc) is 1.86. The summed E-state index contributed by atoms with van der Waals surface area (Å²) in [5.74, 6) is -3.33. The molecule has 0 aromatic heterocycles. The molecule has 0 saturated carbocycles. The maximum absolute atomic E-state index is 11.8. The van der Waals surface area contributed by atoms with Crippen LogP contribution in [0.15, 0.2) is 0 Å². The van der Waals surface area contributed by atoms with Gasteiger partial charge >= 0.3 is 12.1 Å². The molecule has 0 aliphatic rings. The van der Waals surface area contributed by atoms with Crippen LogP contribution in [0.4, 0.5) is 13.2 Å². The van der Waals surface area contributed by atoms with E-state index in [1.165, 1.54) is 6.92 Å². The van der Waals surface area contributed by atoms with Crippen LogP contribution >= 0.6 is 16.3 Å². The second-order valence-electron chi connectivity index (χ2n) is 1.90. The lowest BCUT2D eigenvalue weighted by Gasteiger charge is -2.14. The van der Waals surface area contributed by atoms with Crippen LogP contribution in [-0.2, 0) is 8.62 Å². The molecule has 0 heterocycles. The molecule has 0 spiro atoms. The Morgan fingerprint density at radius 2 is 2.09 bits per heavy atom. The zero-order valence-electron chi connectivity index (χ0n) is 5.61. The van der Waals surface area contributed by atoms with Gasteiger partial charge in [-0.15, -0.1) is 0 Å². The fourth-order valence-corrected chi connectivity index (χ4v) is 0.811. The Hall–Kier alpha value is -0.260. The highest BCUT2D eigenvalue weighted by atomic mass is 79.9. The molecule has 0 fully saturated rings. The monoisotopic (exact) mass is 234 g/mol. The Bertz CT molecular complexity index is 145. The van der Waals surface area contributed by atoms with Crippen LogP contribution in [-0.4, -0.2) is 12.1 Å². The molecule has 2 nitrogen and oxygen atoms in total. The third-order valence-corrected chi connectivity index (χ3v) is 1.48. The SMILES string of the molecule is CCC(C(=O)OBr)C(F)(F)F. The summed E-state index contributed by atoms with van der Waals surface area (Å²) in [6.07, 6.45) is -4.83. The van der Waals surface area contributed by atoms with Crippen LogP contribution in [0.2, 0.25) is 0 Å². The van der Waals surface area contributed by atoms with Gasteiger partial charge in [-0.05, 0) is 6.42 Å². The van der Waals surface area contributed by atoms with Crippen LogP contribution in [0.25, 0.3) is 0 Å². The van der Waals surface area contributed by atoms with Crippen molar-refractivity contribution in [2.45, 2.75) is 19.5 Å². The molecule has 0 saturated heterocycles. The van der Waals surface area contributed by atoms with E-state index in [4.69, 9.17) is 0 Å². The smallest absolute Gasteiger partial charge is 0.383 e. The summed E-state index contributed by atoms with van der Waals surface area (Å²) in [7, 11) is 0. The van der Waals surface area contributed by atoms with E-state index in [-0.39, 0.29) is 6.42 Å². The molecule has 6 heteroatoms. The van der Waals surface area contributed by atoms with E-state index in [0.717, 1.165) is 0 Å². The highest BCUT2D eigenvalue weighted by Crippen LogP contribution is 2.29. The lowest BCUT2D eigenvalue weighted by molar-refractivity contribution is -0.190. The number of rotatable bonds is 2. The summed E-state index contributed by atoms with van der Waals surface area (Å²) in [6, 6.07) is 0. The molecule has 0 aliphatic heterocycles. The fourth-order valence-electron chi connectivity index (χ4n) is 0.586. The number of halogens is 4. The molecule has 0 aliphatic carbocycles. The Balaban J connectivity index is 4.29. The van der Waals surface area contributed by atoms with E-state index >= 15 is 0 Å². The molecule has 0 rings (SSSR count). The first-order valence-corrected chi connectivity index (χ1v) is 3.47. The maximum Gasteiger partial charge on any atom is 0.402 e. The first-order chi connectivity index (χ1) is 4.93. The third kappa shape index (κ3) is 3.09. The summed E-state index contributed by atoms with van der Waals surface area (Å²) in [4.78, 5) is 10.4. The first kappa shape index (κ1) is 10.7. The van der Waals surface area contributed by atoms with Gasteiger partial charge in [-0.3, -0.25) is 4.79 Å². The quantitative estimate of drug-likeness (QED) is 0.734. The van der Waals surface area contributed by atoms with Crippen molar-refractivity contribution < 1.29 is 21.8 Å². The molecule has 0 N–H and O–H groups in total. The molecule has 0 aromatic carbocycles. The van der Waals surface area contributed by atoms with Gasteiger partial charge in [-0.2, -0.15) is 13.2 Å². The highest BCUT2D eigenvalue weighted by molar-refractivity contribution is 9.06.